The molecule has 0 bridgehead atoms. The van der Waals surface area contributed by atoms with E-state index in [9.17, 15) is 14.4 Å². The Labute approximate surface area is 168 Å². The Morgan fingerprint density at radius 3 is 2.79 bits per heavy atom. The second kappa shape index (κ2) is 6.92. The maximum absolute atomic E-state index is 13.0. The predicted octanol–water partition coefficient (Wildman–Crippen LogP) is 1.88. The van der Waals surface area contributed by atoms with Gasteiger partial charge in [-0.05, 0) is 35.7 Å². The zero-order valence-corrected chi connectivity index (χ0v) is 16.0. The molecule has 2 aromatic carbocycles. The smallest absolute Gasteiger partial charge is 0.255 e. The number of nitrogens with one attached hydrogen (secondary N) is 2. The summed E-state index contributed by atoms with van der Waals surface area (Å²) in [7, 11) is 0. The number of carbonyl (C=O) groups is 3. The lowest BCUT2D eigenvalue weighted by Crippen LogP contribution is -2.52. The highest BCUT2D eigenvalue weighted by molar-refractivity contribution is 6.05. The number of benzene rings is 2. The monoisotopic (exact) mass is 390 g/mol. The first-order valence-corrected chi connectivity index (χ1v) is 9.94. The summed E-state index contributed by atoms with van der Waals surface area (Å²) in [5.41, 5.74) is 4.95. The van der Waals surface area contributed by atoms with E-state index >= 15 is 0 Å². The fourth-order valence-corrected chi connectivity index (χ4v) is 4.43. The Balaban J connectivity index is 1.36. The molecule has 0 aliphatic carbocycles. The van der Waals surface area contributed by atoms with Gasteiger partial charge in [-0.15, -0.1) is 0 Å². The number of fused-ring (bicyclic) bond motifs is 2. The number of nitrogens with zero attached hydrogens (tertiary/aromatic N) is 2. The van der Waals surface area contributed by atoms with Crippen LogP contribution in [0, 0.1) is 0 Å². The first-order chi connectivity index (χ1) is 14.1. The lowest BCUT2D eigenvalue weighted by molar-refractivity contribution is -0.136. The molecule has 0 radical (unpaired) electrons. The summed E-state index contributed by atoms with van der Waals surface area (Å²) in [4.78, 5) is 40.5. The highest BCUT2D eigenvalue weighted by Gasteiger charge is 2.39. The predicted molar refractivity (Wildman–Crippen MR) is 108 cm³/mol. The summed E-state index contributed by atoms with van der Waals surface area (Å²) in [5, 5.41) is 5.76. The molecule has 1 saturated heterocycles. The number of amides is 3. The summed E-state index contributed by atoms with van der Waals surface area (Å²) in [5.74, 6) is -0.772. The first-order valence-electron chi connectivity index (χ1n) is 9.94. The van der Waals surface area contributed by atoms with Crippen LogP contribution in [0.1, 0.15) is 34.3 Å². The minimum absolute atomic E-state index is 0.128. The standard InChI is InChI=1S/C22H22N4O3/c27-20-8-7-19(21(28)24-20)26-13-15-6-5-14(11-16(15)22(26)29)12-25-10-9-23-17-3-1-2-4-18(17)25/h1-6,11,19,23H,7-10,12-13H2,(H,24,27,28). The molecule has 0 aromatic heterocycles. The molecule has 148 valence electrons. The molecule has 0 spiro atoms. The molecule has 3 amide bonds. The van der Waals surface area contributed by atoms with Crippen molar-refractivity contribution in [3.63, 3.8) is 0 Å². The van der Waals surface area contributed by atoms with Gasteiger partial charge in [-0.2, -0.15) is 0 Å². The number of imide groups is 1. The van der Waals surface area contributed by atoms with Gasteiger partial charge in [-0.1, -0.05) is 24.3 Å². The van der Waals surface area contributed by atoms with E-state index in [1.54, 1.807) is 4.90 Å². The summed E-state index contributed by atoms with van der Waals surface area (Å²) in [6.07, 6.45) is 0.652. The molecule has 0 saturated carbocycles. The van der Waals surface area contributed by atoms with Crippen LogP contribution < -0.4 is 15.5 Å². The summed E-state index contributed by atoms with van der Waals surface area (Å²) >= 11 is 0. The van der Waals surface area contributed by atoms with Crippen molar-refractivity contribution >= 4 is 29.1 Å². The first kappa shape index (κ1) is 17.7. The molecule has 3 aliphatic rings. The second-order valence-corrected chi connectivity index (χ2v) is 7.76. The summed E-state index contributed by atoms with van der Waals surface area (Å²) in [6, 6.07) is 13.7. The number of rotatable bonds is 3. The molecular weight excluding hydrogens is 368 g/mol. The van der Waals surface area contributed by atoms with Crippen molar-refractivity contribution in [1.29, 1.82) is 0 Å². The van der Waals surface area contributed by atoms with Gasteiger partial charge in [-0.3, -0.25) is 19.7 Å². The van der Waals surface area contributed by atoms with Crippen molar-refractivity contribution in [3.05, 3.63) is 59.2 Å². The lowest BCUT2D eigenvalue weighted by Gasteiger charge is -2.32. The molecule has 2 aromatic rings. The van der Waals surface area contributed by atoms with Crippen molar-refractivity contribution in [1.82, 2.24) is 10.2 Å². The fourth-order valence-electron chi connectivity index (χ4n) is 4.43. The van der Waals surface area contributed by atoms with Crippen molar-refractivity contribution in [2.75, 3.05) is 23.3 Å². The third kappa shape index (κ3) is 3.12. The maximum Gasteiger partial charge on any atom is 0.255 e. The van der Waals surface area contributed by atoms with Crippen LogP contribution in [0.4, 0.5) is 11.4 Å². The van der Waals surface area contributed by atoms with Crippen molar-refractivity contribution in [3.8, 4) is 0 Å². The van der Waals surface area contributed by atoms with Crippen LogP contribution in [0.3, 0.4) is 0 Å². The van der Waals surface area contributed by atoms with E-state index in [0.717, 1.165) is 42.1 Å². The third-order valence-electron chi connectivity index (χ3n) is 5.91. The minimum Gasteiger partial charge on any atom is -0.382 e. The fraction of sp³-hybridized carbons (Fsp3) is 0.318. The second-order valence-electron chi connectivity index (χ2n) is 7.76. The molecule has 1 unspecified atom stereocenters. The number of hydrogen-bond acceptors (Lipinski definition) is 5. The number of anilines is 2. The van der Waals surface area contributed by atoms with E-state index in [1.807, 2.05) is 24.3 Å². The van der Waals surface area contributed by atoms with Crippen molar-refractivity contribution < 1.29 is 14.4 Å². The average Bonchev–Trinajstić information content (AvgIpc) is 3.04. The topological polar surface area (TPSA) is 81.8 Å². The molecule has 3 heterocycles. The lowest BCUT2D eigenvalue weighted by atomic mass is 10.0. The number of carbonyl (C=O) groups excluding carboxylic acids is 3. The van der Waals surface area contributed by atoms with E-state index in [4.69, 9.17) is 0 Å². The summed E-state index contributed by atoms with van der Waals surface area (Å²) in [6.45, 7) is 2.91. The average molecular weight is 390 g/mol. The third-order valence-corrected chi connectivity index (χ3v) is 5.91. The van der Waals surface area contributed by atoms with E-state index < -0.39 is 6.04 Å². The van der Waals surface area contributed by atoms with Crippen LogP contribution in [-0.4, -0.2) is 41.8 Å². The van der Waals surface area contributed by atoms with Crippen LogP contribution in [0.15, 0.2) is 42.5 Å². The Morgan fingerprint density at radius 1 is 1.07 bits per heavy atom. The quantitative estimate of drug-likeness (QED) is 0.782. The zero-order chi connectivity index (χ0) is 20.0. The van der Waals surface area contributed by atoms with Crippen LogP contribution >= 0.6 is 0 Å². The summed E-state index contributed by atoms with van der Waals surface area (Å²) < 4.78 is 0. The number of para-hydroxylation sites is 2. The molecule has 7 nitrogen and oxygen atoms in total. The highest BCUT2D eigenvalue weighted by Crippen LogP contribution is 2.32. The van der Waals surface area contributed by atoms with Crippen LogP contribution in [0.25, 0.3) is 0 Å². The Hall–Kier alpha value is -3.35. The maximum atomic E-state index is 13.0. The van der Waals surface area contributed by atoms with Crippen molar-refractivity contribution in [2.24, 2.45) is 0 Å². The Kier molecular flexibility index (Phi) is 4.23. The van der Waals surface area contributed by atoms with Crippen LogP contribution in [-0.2, 0) is 22.7 Å². The highest BCUT2D eigenvalue weighted by atomic mass is 16.2. The number of hydrogen-bond donors (Lipinski definition) is 2. The SMILES string of the molecule is O=C1CCC(N2Cc3ccc(CN4CCNc5ccccc54)cc3C2=O)C(=O)N1. The number of piperidine rings is 1. The van der Waals surface area contributed by atoms with Gasteiger partial charge in [0.1, 0.15) is 6.04 Å². The van der Waals surface area contributed by atoms with Gasteiger partial charge >= 0.3 is 0 Å². The van der Waals surface area contributed by atoms with Gasteiger partial charge in [0.2, 0.25) is 11.8 Å². The molecule has 1 fully saturated rings. The molecule has 2 N–H and O–H groups in total. The van der Waals surface area contributed by atoms with E-state index in [-0.39, 0.29) is 24.1 Å². The van der Waals surface area contributed by atoms with Gasteiger partial charge in [0.05, 0.1) is 11.4 Å². The van der Waals surface area contributed by atoms with E-state index in [0.29, 0.717) is 18.5 Å². The zero-order valence-electron chi connectivity index (χ0n) is 16.0. The van der Waals surface area contributed by atoms with Crippen LogP contribution in [0.2, 0.25) is 0 Å². The molecule has 29 heavy (non-hydrogen) atoms. The van der Waals surface area contributed by atoms with Gasteiger partial charge in [0, 0.05) is 38.2 Å². The van der Waals surface area contributed by atoms with E-state index in [1.165, 1.54) is 0 Å². The molecule has 5 rings (SSSR count). The van der Waals surface area contributed by atoms with Crippen LogP contribution in [0.5, 0.6) is 0 Å². The Bertz CT molecular complexity index is 1020. The van der Waals surface area contributed by atoms with Gasteiger partial charge < -0.3 is 15.1 Å². The Morgan fingerprint density at radius 2 is 1.93 bits per heavy atom. The normalized spacial score (nSPS) is 20.8. The van der Waals surface area contributed by atoms with Gasteiger partial charge in [0.15, 0.2) is 0 Å². The van der Waals surface area contributed by atoms with Crippen molar-refractivity contribution in [2.45, 2.75) is 32.0 Å². The van der Waals surface area contributed by atoms with Gasteiger partial charge in [0.25, 0.3) is 5.91 Å². The van der Waals surface area contributed by atoms with E-state index in [2.05, 4.69) is 33.7 Å². The largest absolute Gasteiger partial charge is 0.382 e. The molecule has 1 atom stereocenters. The minimum atomic E-state index is -0.573. The van der Waals surface area contributed by atoms with Gasteiger partial charge in [-0.25, -0.2) is 0 Å². The molecule has 7 heteroatoms. The molecular formula is C22H22N4O3. The molecule has 3 aliphatic heterocycles.